The molecule has 0 spiro atoms. The van der Waals surface area contributed by atoms with Crippen LogP contribution in [-0.2, 0) is 12.4 Å². The van der Waals surface area contributed by atoms with Crippen LogP contribution in [0.3, 0.4) is 0 Å². The molecule has 0 saturated carbocycles. The van der Waals surface area contributed by atoms with Gasteiger partial charge in [0.15, 0.2) is 0 Å². The van der Waals surface area contributed by atoms with E-state index in [2.05, 4.69) is 21.4 Å². The predicted molar refractivity (Wildman–Crippen MR) is 139 cm³/mol. The summed E-state index contributed by atoms with van der Waals surface area (Å²) in [7, 11) is 0. The van der Waals surface area contributed by atoms with E-state index in [1.165, 1.54) is 5.56 Å². The Labute approximate surface area is 208 Å². The van der Waals surface area contributed by atoms with Gasteiger partial charge in [0, 0.05) is 41.1 Å². The fourth-order valence-corrected chi connectivity index (χ4v) is 4.52. The van der Waals surface area contributed by atoms with Gasteiger partial charge in [-0.2, -0.15) is 0 Å². The molecule has 2 aromatic carbocycles. The highest BCUT2D eigenvalue weighted by molar-refractivity contribution is 7.98. The molecule has 0 aliphatic rings. The molecule has 3 aromatic heterocycles. The molecule has 35 heavy (non-hydrogen) atoms. The topological polar surface area (TPSA) is 68.5 Å². The van der Waals surface area contributed by atoms with Gasteiger partial charge in [0.05, 0.1) is 11.3 Å². The van der Waals surface area contributed by atoms with Gasteiger partial charge in [-0.1, -0.05) is 24.3 Å². The number of para-hydroxylation sites is 1. The van der Waals surface area contributed by atoms with Crippen molar-refractivity contribution >= 4 is 29.0 Å². The number of carbonyl (C=O) groups excluding carboxylic acids is 1. The van der Waals surface area contributed by atoms with Crippen molar-refractivity contribution in [2.75, 3.05) is 5.32 Å². The fourth-order valence-electron chi connectivity index (χ4n) is 3.69. The standard InChI is InChI=1S/C28H24N4O2S/c1-20-6-5-15-32-17-23(30-27(20)32)18-34-26-9-3-2-8-25(26)28(33)31-22-10-12-24(13-11-22)35-19-21-7-4-14-29-16-21/h2-17H,18-19H2,1H3,(H,31,33). The van der Waals surface area contributed by atoms with Gasteiger partial charge >= 0.3 is 0 Å². The number of hydrogen-bond donors (Lipinski definition) is 1. The van der Waals surface area contributed by atoms with Gasteiger partial charge in [-0.05, 0) is 66.6 Å². The molecule has 5 aromatic rings. The Morgan fingerprint density at radius 2 is 1.89 bits per heavy atom. The number of ether oxygens (including phenoxy) is 1. The first kappa shape index (κ1) is 22.7. The molecular formula is C28H24N4O2S. The van der Waals surface area contributed by atoms with Gasteiger partial charge < -0.3 is 14.5 Å². The second-order valence-electron chi connectivity index (χ2n) is 8.07. The van der Waals surface area contributed by atoms with Crippen LogP contribution in [0.5, 0.6) is 5.75 Å². The number of hydrogen-bond acceptors (Lipinski definition) is 5. The Morgan fingerprint density at radius 3 is 2.69 bits per heavy atom. The van der Waals surface area contributed by atoms with Crippen molar-refractivity contribution in [2.45, 2.75) is 24.2 Å². The molecule has 3 heterocycles. The first-order valence-electron chi connectivity index (χ1n) is 11.2. The van der Waals surface area contributed by atoms with Crippen LogP contribution >= 0.6 is 11.8 Å². The molecule has 0 saturated heterocycles. The van der Waals surface area contributed by atoms with Crippen LogP contribution in [0.4, 0.5) is 5.69 Å². The zero-order chi connectivity index (χ0) is 24.0. The summed E-state index contributed by atoms with van der Waals surface area (Å²) < 4.78 is 7.98. The Bertz CT molecular complexity index is 1450. The quantitative estimate of drug-likeness (QED) is 0.269. The first-order valence-corrected chi connectivity index (χ1v) is 12.2. The number of fused-ring (bicyclic) bond motifs is 1. The van der Waals surface area contributed by atoms with E-state index < -0.39 is 0 Å². The van der Waals surface area contributed by atoms with Crippen molar-refractivity contribution in [3.63, 3.8) is 0 Å². The number of rotatable bonds is 8. The lowest BCUT2D eigenvalue weighted by Gasteiger charge is -2.11. The normalized spacial score (nSPS) is 10.9. The zero-order valence-corrected chi connectivity index (χ0v) is 20.0. The maximum Gasteiger partial charge on any atom is 0.259 e. The molecule has 6 nitrogen and oxygen atoms in total. The number of aryl methyl sites for hydroxylation is 1. The minimum atomic E-state index is -0.220. The molecule has 5 rings (SSSR count). The van der Waals surface area contributed by atoms with Gasteiger partial charge in [0.1, 0.15) is 18.0 Å². The number of nitrogens with zero attached hydrogens (tertiary/aromatic N) is 3. The average Bonchev–Trinajstić information content (AvgIpc) is 3.32. The van der Waals surface area contributed by atoms with E-state index in [1.54, 1.807) is 30.1 Å². The van der Waals surface area contributed by atoms with Crippen molar-refractivity contribution in [1.82, 2.24) is 14.4 Å². The number of benzene rings is 2. The van der Waals surface area contributed by atoms with Gasteiger partial charge in [-0.25, -0.2) is 4.98 Å². The van der Waals surface area contributed by atoms with Gasteiger partial charge in [0.25, 0.3) is 5.91 Å². The van der Waals surface area contributed by atoms with E-state index in [4.69, 9.17) is 4.74 Å². The minimum absolute atomic E-state index is 0.220. The Morgan fingerprint density at radius 1 is 1.03 bits per heavy atom. The Hall–Kier alpha value is -4.10. The van der Waals surface area contributed by atoms with Crippen molar-refractivity contribution in [3.8, 4) is 5.75 Å². The number of amides is 1. The molecule has 0 bridgehead atoms. The van der Waals surface area contributed by atoms with Crippen LogP contribution in [0, 0.1) is 6.92 Å². The summed E-state index contributed by atoms with van der Waals surface area (Å²) in [6.45, 7) is 2.30. The van der Waals surface area contributed by atoms with Gasteiger partial charge in [-0.15, -0.1) is 11.8 Å². The van der Waals surface area contributed by atoms with Crippen LogP contribution in [0.25, 0.3) is 5.65 Å². The van der Waals surface area contributed by atoms with Crippen molar-refractivity contribution in [2.24, 2.45) is 0 Å². The summed E-state index contributed by atoms with van der Waals surface area (Å²) in [6.07, 6.45) is 7.55. The smallest absolute Gasteiger partial charge is 0.259 e. The van der Waals surface area contributed by atoms with Crippen molar-refractivity contribution in [3.05, 3.63) is 120 Å². The molecule has 0 fully saturated rings. The number of imidazole rings is 1. The van der Waals surface area contributed by atoms with E-state index in [0.29, 0.717) is 11.3 Å². The third-order valence-corrected chi connectivity index (χ3v) is 6.56. The molecule has 0 atom stereocenters. The van der Waals surface area contributed by atoms with E-state index in [1.807, 2.05) is 84.5 Å². The Kier molecular flexibility index (Phi) is 6.77. The van der Waals surface area contributed by atoms with Gasteiger partial charge in [-0.3, -0.25) is 9.78 Å². The molecule has 7 heteroatoms. The highest BCUT2D eigenvalue weighted by Gasteiger charge is 2.14. The second kappa shape index (κ2) is 10.4. The van der Waals surface area contributed by atoms with E-state index in [-0.39, 0.29) is 12.5 Å². The first-order chi connectivity index (χ1) is 17.2. The lowest BCUT2D eigenvalue weighted by molar-refractivity contribution is 0.102. The number of nitrogens with one attached hydrogen (secondary N) is 1. The lowest BCUT2D eigenvalue weighted by Crippen LogP contribution is -2.13. The number of anilines is 1. The third kappa shape index (κ3) is 5.53. The summed E-state index contributed by atoms with van der Waals surface area (Å²) in [5.41, 5.74) is 5.17. The number of carbonyl (C=O) groups is 1. The summed E-state index contributed by atoms with van der Waals surface area (Å²) in [6, 6.07) is 23.1. The number of aromatic nitrogens is 3. The van der Waals surface area contributed by atoms with E-state index in [9.17, 15) is 4.79 Å². The summed E-state index contributed by atoms with van der Waals surface area (Å²) in [4.78, 5) is 22.9. The molecule has 1 N–H and O–H groups in total. The van der Waals surface area contributed by atoms with E-state index in [0.717, 1.165) is 33.2 Å². The largest absolute Gasteiger partial charge is 0.486 e. The molecule has 0 aliphatic heterocycles. The molecular weight excluding hydrogens is 456 g/mol. The highest BCUT2D eigenvalue weighted by Crippen LogP contribution is 2.25. The maximum atomic E-state index is 13.0. The molecule has 1 amide bonds. The highest BCUT2D eigenvalue weighted by atomic mass is 32.2. The maximum absolute atomic E-state index is 13.0. The molecule has 0 unspecified atom stereocenters. The lowest BCUT2D eigenvalue weighted by atomic mass is 10.2. The number of thioether (sulfide) groups is 1. The molecule has 0 aliphatic carbocycles. The zero-order valence-electron chi connectivity index (χ0n) is 19.2. The van der Waals surface area contributed by atoms with E-state index >= 15 is 0 Å². The third-order valence-electron chi connectivity index (χ3n) is 5.48. The Balaban J connectivity index is 1.22. The SMILES string of the molecule is Cc1cccn2cc(COc3ccccc3C(=O)Nc3ccc(SCc4cccnc4)cc3)nc12. The summed E-state index contributed by atoms with van der Waals surface area (Å²) in [5, 5.41) is 2.97. The fraction of sp³-hybridized carbons (Fsp3) is 0.107. The van der Waals surface area contributed by atoms with Crippen LogP contribution in [0.2, 0.25) is 0 Å². The van der Waals surface area contributed by atoms with Crippen LogP contribution in [0.15, 0.2) is 102 Å². The van der Waals surface area contributed by atoms with Crippen molar-refractivity contribution in [1.29, 1.82) is 0 Å². The van der Waals surface area contributed by atoms with Crippen molar-refractivity contribution < 1.29 is 9.53 Å². The van der Waals surface area contributed by atoms with Gasteiger partial charge in [0.2, 0.25) is 0 Å². The second-order valence-corrected chi connectivity index (χ2v) is 9.12. The predicted octanol–water partition coefficient (Wildman–Crippen LogP) is 6.16. The monoisotopic (exact) mass is 480 g/mol. The summed E-state index contributed by atoms with van der Waals surface area (Å²) >= 11 is 1.73. The average molecular weight is 481 g/mol. The van der Waals surface area contributed by atoms with Crippen LogP contribution in [0.1, 0.15) is 27.2 Å². The number of pyridine rings is 2. The summed E-state index contributed by atoms with van der Waals surface area (Å²) in [5.74, 6) is 1.14. The minimum Gasteiger partial charge on any atom is -0.486 e. The molecule has 0 radical (unpaired) electrons. The van der Waals surface area contributed by atoms with Crippen LogP contribution < -0.4 is 10.1 Å². The van der Waals surface area contributed by atoms with Crippen LogP contribution in [-0.4, -0.2) is 20.3 Å². The molecule has 174 valence electrons.